The Kier molecular flexibility index (Phi) is 3.92. The number of pyridine rings is 1. The molecule has 0 spiro atoms. The van der Waals surface area contributed by atoms with Crippen LogP contribution in [0.4, 0.5) is 0 Å². The van der Waals surface area contributed by atoms with Gasteiger partial charge in [-0.25, -0.2) is 0 Å². The van der Waals surface area contributed by atoms with Gasteiger partial charge in [0.2, 0.25) is 5.56 Å². The molecule has 108 valence electrons. The van der Waals surface area contributed by atoms with Crippen molar-refractivity contribution in [3.63, 3.8) is 0 Å². The lowest BCUT2D eigenvalue weighted by Gasteiger charge is -2.22. The summed E-state index contributed by atoms with van der Waals surface area (Å²) in [5.41, 5.74) is 1.42. The molecular weight excluding hydrogens is 332 g/mol. The fourth-order valence-electron chi connectivity index (χ4n) is 2.29. The van der Waals surface area contributed by atoms with Gasteiger partial charge in [0.1, 0.15) is 0 Å². The summed E-state index contributed by atoms with van der Waals surface area (Å²) in [5, 5.41) is 0. The van der Waals surface area contributed by atoms with Gasteiger partial charge in [0.05, 0.1) is 5.56 Å². The van der Waals surface area contributed by atoms with Crippen LogP contribution in [0.1, 0.15) is 28.8 Å². The zero-order valence-corrected chi connectivity index (χ0v) is 13.0. The summed E-state index contributed by atoms with van der Waals surface area (Å²) in [7, 11) is 0. The van der Waals surface area contributed by atoms with Gasteiger partial charge in [-0.3, -0.25) is 9.59 Å². The molecule has 0 unspecified atom stereocenters. The largest absolute Gasteiger partial charge is 0.331 e. The zero-order chi connectivity index (χ0) is 14.8. The van der Waals surface area contributed by atoms with E-state index in [0.29, 0.717) is 18.2 Å². The molecule has 0 saturated heterocycles. The molecule has 2 aromatic rings. The molecule has 0 radical (unpaired) electrons. The predicted octanol–water partition coefficient (Wildman–Crippen LogP) is 2.94. The van der Waals surface area contributed by atoms with Gasteiger partial charge in [-0.05, 0) is 36.6 Å². The molecule has 3 rings (SSSR count). The average Bonchev–Trinajstić information content (AvgIpc) is 3.29. The minimum Gasteiger partial charge on any atom is -0.331 e. The standard InChI is InChI=1S/C16H15BrN2O2/c17-13-3-1-2-11(8-13)10-19(14-5-6-14)16(21)12-4-7-15(20)18-9-12/h1-4,7-9,14H,5-6,10H2,(H,18,20). The van der Waals surface area contributed by atoms with Crippen molar-refractivity contribution in [2.45, 2.75) is 25.4 Å². The number of rotatable bonds is 4. The smallest absolute Gasteiger partial charge is 0.255 e. The molecule has 1 amide bonds. The minimum absolute atomic E-state index is 0.0336. The highest BCUT2D eigenvalue weighted by molar-refractivity contribution is 9.10. The van der Waals surface area contributed by atoms with Gasteiger partial charge in [-0.2, -0.15) is 0 Å². The lowest BCUT2D eigenvalue weighted by atomic mass is 10.2. The van der Waals surface area contributed by atoms with Crippen molar-refractivity contribution in [3.05, 3.63) is 68.5 Å². The van der Waals surface area contributed by atoms with Crippen LogP contribution in [0.5, 0.6) is 0 Å². The molecule has 1 aliphatic rings. The molecular formula is C16H15BrN2O2. The van der Waals surface area contributed by atoms with E-state index in [4.69, 9.17) is 0 Å². The van der Waals surface area contributed by atoms with Crippen LogP contribution in [0, 0.1) is 0 Å². The second-order valence-electron chi connectivity index (χ2n) is 5.24. The van der Waals surface area contributed by atoms with Crippen molar-refractivity contribution < 1.29 is 4.79 Å². The van der Waals surface area contributed by atoms with Gasteiger partial charge >= 0.3 is 0 Å². The predicted molar refractivity (Wildman–Crippen MR) is 84.1 cm³/mol. The molecule has 1 aromatic heterocycles. The summed E-state index contributed by atoms with van der Waals surface area (Å²) in [6, 6.07) is 11.2. The Morgan fingerprint density at radius 3 is 2.71 bits per heavy atom. The van der Waals surface area contributed by atoms with Crippen molar-refractivity contribution in [1.29, 1.82) is 0 Å². The van der Waals surface area contributed by atoms with Crippen LogP contribution < -0.4 is 5.56 Å². The Morgan fingerprint density at radius 2 is 2.10 bits per heavy atom. The van der Waals surface area contributed by atoms with E-state index in [2.05, 4.69) is 20.9 Å². The number of aromatic amines is 1. The van der Waals surface area contributed by atoms with E-state index in [1.54, 1.807) is 6.07 Å². The monoisotopic (exact) mass is 346 g/mol. The number of aromatic nitrogens is 1. The summed E-state index contributed by atoms with van der Waals surface area (Å²) in [6.07, 6.45) is 3.58. The highest BCUT2D eigenvalue weighted by Gasteiger charge is 2.33. The fraction of sp³-hybridized carbons (Fsp3) is 0.250. The molecule has 1 N–H and O–H groups in total. The van der Waals surface area contributed by atoms with Crippen LogP contribution in [0.2, 0.25) is 0 Å². The van der Waals surface area contributed by atoms with Crippen LogP contribution >= 0.6 is 15.9 Å². The van der Waals surface area contributed by atoms with Crippen LogP contribution in [-0.4, -0.2) is 21.8 Å². The number of carbonyl (C=O) groups is 1. The van der Waals surface area contributed by atoms with E-state index >= 15 is 0 Å². The number of nitrogens with zero attached hydrogens (tertiary/aromatic N) is 1. The molecule has 1 fully saturated rings. The minimum atomic E-state index is -0.198. The number of H-pyrrole nitrogens is 1. The fourth-order valence-corrected chi connectivity index (χ4v) is 2.74. The second-order valence-corrected chi connectivity index (χ2v) is 6.15. The first kappa shape index (κ1) is 14.1. The number of carbonyl (C=O) groups excluding carboxylic acids is 1. The second kappa shape index (κ2) is 5.85. The molecule has 21 heavy (non-hydrogen) atoms. The van der Waals surface area contributed by atoms with Gasteiger partial charge in [0.15, 0.2) is 0 Å². The molecule has 0 aliphatic heterocycles. The van der Waals surface area contributed by atoms with Gasteiger partial charge in [-0.15, -0.1) is 0 Å². The number of amides is 1. The number of nitrogens with one attached hydrogen (secondary N) is 1. The maximum absolute atomic E-state index is 12.6. The summed E-state index contributed by atoms with van der Waals surface area (Å²) >= 11 is 3.45. The Balaban J connectivity index is 1.83. The SMILES string of the molecule is O=C(c1ccc(=O)[nH]c1)N(Cc1cccc(Br)c1)C1CC1. The maximum atomic E-state index is 12.6. The number of benzene rings is 1. The topological polar surface area (TPSA) is 53.2 Å². The molecule has 1 saturated carbocycles. The molecule has 5 heteroatoms. The van der Waals surface area contributed by atoms with Gasteiger partial charge in [0.25, 0.3) is 5.91 Å². The van der Waals surface area contributed by atoms with Crippen molar-refractivity contribution in [3.8, 4) is 0 Å². The first-order chi connectivity index (χ1) is 10.1. The van der Waals surface area contributed by atoms with Crippen LogP contribution in [-0.2, 0) is 6.54 Å². The molecule has 0 bridgehead atoms. The van der Waals surface area contributed by atoms with Gasteiger partial charge < -0.3 is 9.88 Å². The zero-order valence-electron chi connectivity index (χ0n) is 11.4. The Hall–Kier alpha value is -1.88. The van der Waals surface area contributed by atoms with Gasteiger partial charge in [0, 0.05) is 29.3 Å². The van der Waals surface area contributed by atoms with E-state index in [0.717, 1.165) is 22.9 Å². The highest BCUT2D eigenvalue weighted by atomic mass is 79.9. The van der Waals surface area contributed by atoms with E-state index in [-0.39, 0.29) is 11.5 Å². The summed E-state index contributed by atoms with van der Waals surface area (Å²) in [4.78, 5) is 28.2. The third-order valence-electron chi connectivity index (χ3n) is 3.52. The Morgan fingerprint density at radius 1 is 1.29 bits per heavy atom. The van der Waals surface area contributed by atoms with Crippen LogP contribution in [0.3, 0.4) is 0 Å². The average molecular weight is 347 g/mol. The van der Waals surface area contributed by atoms with E-state index < -0.39 is 0 Å². The number of hydrogen-bond donors (Lipinski definition) is 1. The molecule has 1 heterocycles. The van der Waals surface area contributed by atoms with E-state index in [1.807, 2.05) is 29.2 Å². The third-order valence-corrected chi connectivity index (χ3v) is 4.01. The van der Waals surface area contributed by atoms with Crippen molar-refractivity contribution in [2.24, 2.45) is 0 Å². The van der Waals surface area contributed by atoms with Crippen LogP contribution in [0.15, 0.2) is 51.9 Å². The lowest BCUT2D eigenvalue weighted by molar-refractivity contribution is 0.0729. The molecule has 0 atom stereocenters. The summed E-state index contributed by atoms with van der Waals surface area (Å²) in [6.45, 7) is 0.585. The first-order valence-corrected chi connectivity index (χ1v) is 7.67. The van der Waals surface area contributed by atoms with Crippen molar-refractivity contribution in [1.82, 2.24) is 9.88 Å². The number of halogens is 1. The van der Waals surface area contributed by atoms with E-state index in [1.165, 1.54) is 12.3 Å². The highest BCUT2D eigenvalue weighted by Crippen LogP contribution is 2.30. The third kappa shape index (κ3) is 3.42. The molecule has 1 aliphatic carbocycles. The van der Waals surface area contributed by atoms with Gasteiger partial charge in [-0.1, -0.05) is 28.1 Å². The quantitative estimate of drug-likeness (QED) is 0.925. The normalized spacial score (nSPS) is 14.0. The van der Waals surface area contributed by atoms with Crippen LogP contribution in [0.25, 0.3) is 0 Å². The lowest BCUT2D eigenvalue weighted by Crippen LogP contribution is -2.33. The van der Waals surface area contributed by atoms with E-state index in [9.17, 15) is 9.59 Å². The summed E-state index contributed by atoms with van der Waals surface area (Å²) < 4.78 is 1.01. The Labute approximate surface area is 130 Å². The maximum Gasteiger partial charge on any atom is 0.255 e. The first-order valence-electron chi connectivity index (χ1n) is 6.87. The Bertz CT molecular complexity index is 702. The number of hydrogen-bond acceptors (Lipinski definition) is 2. The van der Waals surface area contributed by atoms with Crippen molar-refractivity contribution >= 4 is 21.8 Å². The van der Waals surface area contributed by atoms with Crippen molar-refractivity contribution in [2.75, 3.05) is 0 Å². The molecule has 4 nitrogen and oxygen atoms in total. The molecule has 1 aromatic carbocycles. The summed E-state index contributed by atoms with van der Waals surface area (Å²) in [5.74, 6) is -0.0336.